The van der Waals surface area contributed by atoms with Gasteiger partial charge in [0.15, 0.2) is 5.69 Å². The van der Waals surface area contributed by atoms with Crippen molar-refractivity contribution in [2.45, 2.75) is 26.1 Å². The van der Waals surface area contributed by atoms with Gasteiger partial charge < -0.3 is 5.11 Å². The van der Waals surface area contributed by atoms with Gasteiger partial charge in [-0.1, -0.05) is 24.3 Å². The third kappa shape index (κ3) is 3.22. The number of hydrogen-bond donors (Lipinski definition) is 1. The molecular weight excluding hydrogens is 333 g/mol. The average Bonchev–Trinajstić information content (AvgIpc) is 2.94. The van der Waals surface area contributed by atoms with Crippen LogP contribution in [0.3, 0.4) is 0 Å². The Morgan fingerprint density at radius 2 is 1.84 bits per heavy atom. The van der Waals surface area contributed by atoms with Crippen molar-refractivity contribution in [2.75, 3.05) is 0 Å². The van der Waals surface area contributed by atoms with E-state index in [1.165, 1.54) is 12.1 Å². The van der Waals surface area contributed by atoms with Crippen LogP contribution in [0.5, 0.6) is 0 Å². The van der Waals surface area contributed by atoms with E-state index >= 15 is 0 Å². The summed E-state index contributed by atoms with van der Waals surface area (Å²) in [7, 11) is 0. The molecule has 7 heteroatoms. The van der Waals surface area contributed by atoms with E-state index in [-0.39, 0.29) is 5.69 Å². The number of fused-ring (bicyclic) bond motifs is 1. The van der Waals surface area contributed by atoms with Gasteiger partial charge in [0.25, 0.3) is 0 Å². The van der Waals surface area contributed by atoms with Crippen molar-refractivity contribution < 1.29 is 23.1 Å². The van der Waals surface area contributed by atoms with Gasteiger partial charge in [-0.3, -0.25) is 4.68 Å². The number of rotatable bonds is 4. The first kappa shape index (κ1) is 17.0. The predicted molar refractivity (Wildman–Crippen MR) is 86.6 cm³/mol. The Morgan fingerprint density at radius 3 is 2.40 bits per heavy atom. The first-order valence-electron chi connectivity index (χ1n) is 7.69. The maximum Gasteiger partial charge on any atom is 0.416 e. The normalized spacial score (nSPS) is 11.8. The molecular formula is C18H15F3N2O2. The minimum Gasteiger partial charge on any atom is -0.476 e. The molecule has 0 aliphatic heterocycles. The second-order valence-electron chi connectivity index (χ2n) is 5.65. The number of carboxylic acid groups (broad SMARTS) is 1. The topological polar surface area (TPSA) is 55.1 Å². The van der Waals surface area contributed by atoms with Crippen molar-refractivity contribution in [1.29, 1.82) is 0 Å². The van der Waals surface area contributed by atoms with E-state index in [0.29, 0.717) is 35.0 Å². The second kappa shape index (κ2) is 6.23. The fourth-order valence-electron chi connectivity index (χ4n) is 2.87. The number of carboxylic acids is 1. The molecule has 4 nitrogen and oxygen atoms in total. The molecule has 3 rings (SSSR count). The fourth-order valence-corrected chi connectivity index (χ4v) is 2.87. The summed E-state index contributed by atoms with van der Waals surface area (Å²) in [6.45, 7) is 2.38. The standard InChI is InChI=1S/C18H15F3N2O2/c1-2-23-14-5-3-4-12(15(14)16(22-23)17(24)25)10-11-6-8-13(9-7-11)18(19,20)21/h3-9H,2,10H2,1H3,(H,24,25). The van der Waals surface area contributed by atoms with Crippen LogP contribution in [0.25, 0.3) is 10.9 Å². The van der Waals surface area contributed by atoms with E-state index in [2.05, 4.69) is 5.10 Å². The molecule has 0 saturated heterocycles. The van der Waals surface area contributed by atoms with Crippen LogP contribution in [0.2, 0.25) is 0 Å². The zero-order valence-corrected chi connectivity index (χ0v) is 13.3. The van der Waals surface area contributed by atoms with Gasteiger partial charge in [-0.05, 0) is 42.7 Å². The van der Waals surface area contributed by atoms with E-state index in [1.807, 2.05) is 6.92 Å². The molecule has 3 aromatic rings. The van der Waals surface area contributed by atoms with Crippen molar-refractivity contribution in [3.8, 4) is 0 Å². The number of aromatic carboxylic acids is 1. The quantitative estimate of drug-likeness (QED) is 0.762. The summed E-state index contributed by atoms with van der Waals surface area (Å²) in [5.74, 6) is -1.13. The molecule has 0 atom stereocenters. The van der Waals surface area contributed by atoms with Crippen LogP contribution in [0.15, 0.2) is 42.5 Å². The summed E-state index contributed by atoms with van der Waals surface area (Å²) >= 11 is 0. The Balaban J connectivity index is 2.04. The molecule has 1 N–H and O–H groups in total. The zero-order valence-electron chi connectivity index (χ0n) is 13.3. The minimum absolute atomic E-state index is 0.0423. The minimum atomic E-state index is -4.38. The Morgan fingerprint density at radius 1 is 1.16 bits per heavy atom. The monoisotopic (exact) mass is 348 g/mol. The number of carbonyl (C=O) groups is 1. The van der Waals surface area contributed by atoms with Crippen molar-refractivity contribution in [2.24, 2.45) is 0 Å². The molecule has 0 aliphatic carbocycles. The molecule has 0 fully saturated rings. The Kier molecular flexibility index (Phi) is 4.24. The van der Waals surface area contributed by atoms with Gasteiger partial charge in [0.1, 0.15) is 0 Å². The van der Waals surface area contributed by atoms with Gasteiger partial charge in [0, 0.05) is 11.9 Å². The molecule has 0 bridgehead atoms. The van der Waals surface area contributed by atoms with E-state index < -0.39 is 17.7 Å². The molecule has 1 aromatic heterocycles. The zero-order chi connectivity index (χ0) is 18.2. The maximum absolute atomic E-state index is 12.7. The summed E-state index contributed by atoms with van der Waals surface area (Å²) in [5, 5.41) is 14.1. The van der Waals surface area contributed by atoms with E-state index in [9.17, 15) is 23.1 Å². The van der Waals surface area contributed by atoms with E-state index in [1.54, 1.807) is 22.9 Å². The molecule has 130 valence electrons. The third-order valence-electron chi connectivity index (χ3n) is 4.04. The van der Waals surface area contributed by atoms with Crippen LogP contribution in [0, 0.1) is 0 Å². The van der Waals surface area contributed by atoms with E-state index in [4.69, 9.17) is 0 Å². The summed E-state index contributed by atoms with van der Waals surface area (Å²) in [5.41, 5.74) is 1.33. The number of benzene rings is 2. The molecule has 0 unspecified atom stereocenters. The molecule has 2 aromatic carbocycles. The summed E-state index contributed by atoms with van der Waals surface area (Å²) in [6, 6.07) is 10.2. The lowest BCUT2D eigenvalue weighted by atomic mass is 9.99. The second-order valence-corrected chi connectivity index (χ2v) is 5.65. The highest BCUT2D eigenvalue weighted by molar-refractivity contribution is 6.02. The predicted octanol–water partition coefficient (Wildman–Crippen LogP) is 4.36. The first-order chi connectivity index (χ1) is 11.8. The first-order valence-corrected chi connectivity index (χ1v) is 7.69. The molecule has 0 amide bonds. The lowest BCUT2D eigenvalue weighted by Crippen LogP contribution is -2.04. The van der Waals surface area contributed by atoms with Gasteiger partial charge >= 0.3 is 12.1 Å². The average molecular weight is 348 g/mol. The third-order valence-corrected chi connectivity index (χ3v) is 4.04. The molecule has 1 heterocycles. The Bertz CT molecular complexity index is 928. The number of aromatic nitrogens is 2. The van der Waals surface area contributed by atoms with Crippen molar-refractivity contribution in [3.63, 3.8) is 0 Å². The fraction of sp³-hybridized carbons (Fsp3) is 0.222. The lowest BCUT2D eigenvalue weighted by Gasteiger charge is -2.09. The number of hydrogen-bond acceptors (Lipinski definition) is 2. The molecule has 0 radical (unpaired) electrons. The molecule has 25 heavy (non-hydrogen) atoms. The highest BCUT2D eigenvalue weighted by atomic mass is 19.4. The van der Waals surface area contributed by atoms with E-state index in [0.717, 1.165) is 12.1 Å². The van der Waals surface area contributed by atoms with Crippen molar-refractivity contribution in [1.82, 2.24) is 9.78 Å². The summed E-state index contributed by atoms with van der Waals surface area (Å²) in [6.07, 6.45) is -4.05. The smallest absolute Gasteiger partial charge is 0.416 e. The van der Waals surface area contributed by atoms with Crippen LogP contribution < -0.4 is 0 Å². The summed E-state index contributed by atoms with van der Waals surface area (Å²) in [4.78, 5) is 11.5. The number of alkyl halides is 3. The highest BCUT2D eigenvalue weighted by Crippen LogP contribution is 2.30. The summed E-state index contributed by atoms with van der Waals surface area (Å²) < 4.78 is 39.6. The van der Waals surface area contributed by atoms with Crippen LogP contribution in [-0.4, -0.2) is 20.9 Å². The largest absolute Gasteiger partial charge is 0.476 e. The molecule has 0 saturated carbocycles. The van der Waals surface area contributed by atoms with Crippen molar-refractivity contribution in [3.05, 3.63) is 64.8 Å². The number of nitrogens with zero attached hydrogens (tertiary/aromatic N) is 2. The maximum atomic E-state index is 12.7. The van der Waals surface area contributed by atoms with Gasteiger partial charge in [-0.25, -0.2) is 4.79 Å². The van der Waals surface area contributed by atoms with Gasteiger partial charge in [-0.2, -0.15) is 18.3 Å². The van der Waals surface area contributed by atoms with Crippen LogP contribution in [0.1, 0.15) is 34.1 Å². The molecule has 0 aliphatic rings. The van der Waals surface area contributed by atoms with Crippen LogP contribution >= 0.6 is 0 Å². The highest BCUT2D eigenvalue weighted by Gasteiger charge is 2.30. The van der Waals surface area contributed by atoms with Gasteiger partial charge in [0.05, 0.1) is 11.1 Å². The van der Waals surface area contributed by atoms with Crippen LogP contribution in [-0.2, 0) is 19.1 Å². The number of aryl methyl sites for hydroxylation is 1. The number of halogens is 3. The lowest BCUT2D eigenvalue weighted by molar-refractivity contribution is -0.137. The van der Waals surface area contributed by atoms with Crippen LogP contribution in [0.4, 0.5) is 13.2 Å². The molecule has 0 spiro atoms. The van der Waals surface area contributed by atoms with Gasteiger partial charge in [-0.15, -0.1) is 0 Å². The Hall–Kier alpha value is -2.83. The van der Waals surface area contributed by atoms with Crippen molar-refractivity contribution >= 4 is 16.9 Å². The van der Waals surface area contributed by atoms with Gasteiger partial charge in [0.2, 0.25) is 0 Å². The Labute approximate surface area is 141 Å². The SMILES string of the molecule is CCn1nc(C(=O)O)c2c(Cc3ccc(C(F)(F)F)cc3)cccc21.